The maximum absolute atomic E-state index is 13.0. The smallest absolute Gasteiger partial charge is 0.335 e. The molecule has 3 heterocycles. The van der Waals surface area contributed by atoms with Crippen LogP contribution in [0.5, 0.6) is 0 Å². The van der Waals surface area contributed by atoms with Crippen LogP contribution in [0.2, 0.25) is 0 Å². The van der Waals surface area contributed by atoms with Crippen LogP contribution in [-0.2, 0) is 0 Å². The second-order valence-corrected chi connectivity index (χ2v) is 6.10. The van der Waals surface area contributed by atoms with Crippen LogP contribution < -0.4 is 4.90 Å². The van der Waals surface area contributed by atoms with E-state index in [9.17, 15) is 4.79 Å². The summed E-state index contributed by atoms with van der Waals surface area (Å²) >= 11 is 0. The van der Waals surface area contributed by atoms with Gasteiger partial charge in [0.15, 0.2) is 5.82 Å². The van der Waals surface area contributed by atoms with Crippen LogP contribution in [0.25, 0.3) is 10.9 Å². The summed E-state index contributed by atoms with van der Waals surface area (Å²) in [5.74, 6) is 0.707. The third kappa shape index (κ3) is 1.53. The number of imidazole rings is 1. The Morgan fingerprint density at radius 3 is 2.64 bits per heavy atom. The molecule has 0 radical (unpaired) electrons. The maximum Gasteiger partial charge on any atom is 0.335 e. The minimum absolute atomic E-state index is 0.0263. The second kappa shape index (κ2) is 4.22. The number of aromatic amines is 1. The summed E-state index contributed by atoms with van der Waals surface area (Å²) < 4.78 is 1.83. The van der Waals surface area contributed by atoms with Gasteiger partial charge in [-0.3, -0.25) is 9.47 Å². The first-order valence-corrected chi connectivity index (χ1v) is 7.45. The van der Waals surface area contributed by atoms with Crippen LogP contribution in [0, 0.1) is 20.8 Å². The molecule has 5 heteroatoms. The number of aromatic nitrogens is 3. The molecule has 3 aromatic rings. The van der Waals surface area contributed by atoms with Gasteiger partial charge in [0.25, 0.3) is 0 Å². The average Bonchev–Trinajstić information content (AvgIpc) is 3.08. The molecule has 0 fully saturated rings. The zero-order valence-corrected chi connectivity index (χ0v) is 13.1. The molecule has 112 valence electrons. The average molecular weight is 294 g/mol. The lowest BCUT2D eigenvalue weighted by atomic mass is 10.1. The monoisotopic (exact) mass is 294 g/mol. The lowest BCUT2D eigenvalue weighted by Gasteiger charge is -2.19. The normalized spacial score (nSPS) is 17.5. The van der Waals surface area contributed by atoms with Gasteiger partial charge in [-0.2, -0.15) is 0 Å². The lowest BCUT2D eigenvalue weighted by Crippen LogP contribution is -2.29. The molecule has 0 saturated carbocycles. The van der Waals surface area contributed by atoms with Gasteiger partial charge in [0.2, 0.25) is 0 Å². The Labute approximate surface area is 128 Å². The number of hydrogen-bond acceptors (Lipinski definition) is 2. The van der Waals surface area contributed by atoms with Crippen molar-refractivity contribution in [1.29, 1.82) is 0 Å². The van der Waals surface area contributed by atoms with E-state index in [1.54, 1.807) is 11.2 Å². The van der Waals surface area contributed by atoms with Gasteiger partial charge in [0.05, 0.1) is 29.3 Å². The summed E-state index contributed by atoms with van der Waals surface area (Å²) in [5, 5.41) is 1.15. The zero-order chi connectivity index (χ0) is 15.6. The van der Waals surface area contributed by atoms with Crippen LogP contribution in [0.4, 0.5) is 10.6 Å². The molecule has 22 heavy (non-hydrogen) atoms. The summed E-state index contributed by atoms with van der Waals surface area (Å²) in [6.45, 7) is 8.13. The highest BCUT2D eigenvalue weighted by Crippen LogP contribution is 2.38. The first kappa shape index (κ1) is 13.1. The maximum atomic E-state index is 13.0. The third-order valence-corrected chi connectivity index (χ3v) is 4.54. The van der Waals surface area contributed by atoms with Gasteiger partial charge >= 0.3 is 6.03 Å². The summed E-state index contributed by atoms with van der Waals surface area (Å²) in [4.78, 5) is 22.1. The molecule has 0 saturated heterocycles. The minimum Gasteiger partial charge on any atom is -0.347 e. The van der Waals surface area contributed by atoms with Gasteiger partial charge in [-0.25, -0.2) is 9.78 Å². The summed E-state index contributed by atoms with van der Waals surface area (Å²) in [6.07, 6.45) is 1.63. The molecule has 0 aliphatic carbocycles. The number of hydrogen-bond donors (Lipinski definition) is 1. The molecule has 1 aliphatic heterocycles. The van der Waals surface area contributed by atoms with Crippen LogP contribution in [0.15, 0.2) is 24.5 Å². The van der Waals surface area contributed by atoms with Gasteiger partial charge in [0, 0.05) is 5.39 Å². The van der Waals surface area contributed by atoms with E-state index >= 15 is 0 Å². The Balaban J connectivity index is 1.96. The number of H-pyrrole nitrogens is 1. The van der Waals surface area contributed by atoms with Gasteiger partial charge < -0.3 is 4.98 Å². The van der Waals surface area contributed by atoms with Crippen LogP contribution in [0.3, 0.4) is 0 Å². The fourth-order valence-electron chi connectivity index (χ4n) is 3.48. The number of carbonyl (C=O) groups is 1. The number of carbonyl (C=O) groups excluding carboxylic acids is 1. The van der Waals surface area contributed by atoms with E-state index in [1.807, 2.05) is 18.4 Å². The van der Waals surface area contributed by atoms with Crippen molar-refractivity contribution in [2.24, 2.45) is 0 Å². The Bertz CT molecular complexity index is 918. The number of amides is 1. The highest BCUT2D eigenvalue weighted by Gasteiger charge is 2.38. The van der Waals surface area contributed by atoms with E-state index in [2.05, 4.69) is 42.0 Å². The molecule has 2 aromatic heterocycles. The summed E-state index contributed by atoms with van der Waals surface area (Å²) in [7, 11) is 0. The topological polar surface area (TPSA) is 53.9 Å². The second-order valence-electron chi connectivity index (χ2n) is 6.10. The Kier molecular flexibility index (Phi) is 2.52. The van der Waals surface area contributed by atoms with Crippen LogP contribution in [-0.4, -0.2) is 20.6 Å². The zero-order valence-electron chi connectivity index (χ0n) is 13.1. The predicted octanol–water partition coefficient (Wildman–Crippen LogP) is 3.84. The van der Waals surface area contributed by atoms with Gasteiger partial charge in [0.1, 0.15) is 0 Å². The van der Waals surface area contributed by atoms with Crippen LogP contribution >= 0.6 is 0 Å². The Morgan fingerprint density at radius 2 is 1.95 bits per heavy atom. The van der Waals surface area contributed by atoms with Gasteiger partial charge in [-0.05, 0) is 51.0 Å². The van der Waals surface area contributed by atoms with Crippen molar-refractivity contribution in [2.75, 3.05) is 4.90 Å². The molecule has 4 rings (SSSR count). The molecule has 0 bridgehead atoms. The van der Waals surface area contributed by atoms with Gasteiger partial charge in [-0.1, -0.05) is 6.07 Å². The van der Waals surface area contributed by atoms with Crippen LogP contribution in [0.1, 0.15) is 35.5 Å². The van der Waals surface area contributed by atoms with E-state index in [4.69, 9.17) is 0 Å². The van der Waals surface area contributed by atoms with Gasteiger partial charge in [-0.15, -0.1) is 0 Å². The number of aryl methyl sites for hydroxylation is 3. The van der Waals surface area contributed by atoms with Crippen molar-refractivity contribution in [2.45, 2.75) is 33.7 Å². The molecular formula is C17H18N4O. The summed E-state index contributed by atoms with van der Waals surface area (Å²) in [6, 6.07) is 6.31. The Hall–Kier alpha value is -2.56. The van der Waals surface area contributed by atoms with Crippen molar-refractivity contribution >= 4 is 22.8 Å². The quantitative estimate of drug-likeness (QED) is 0.741. The molecule has 1 atom stereocenters. The van der Waals surface area contributed by atoms with E-state index < -0.39 is 0 Å². The number of nitrogens with one attached hydrogen (secondary N) is 1. The predicted molar refractivity (Wildman–Crippen MR) is 86.4 cm³/mol. The SMILES string of the molecule is Cc1cc(C)c2cc3n(c2c1)C(=O)N(c1nc[nH]c1C)C3C. The van der Waals surface area contributed by atoms with Crippen molar-refractivity contribution in [3.63, 3.8) is 0 Å². The number of anilines is 1. The van der Waals surface area contributed by atoms with E-state index in [0.717, 1.165) is 22.3 Å². The largest absolute Gasteiger partial charge is 0.347 e. The lowest BCUT2D eigenvalue weighted by molar-refractivity contribution is 0.250. The molecular weight excluding hydrogens is 276 g/mol. The molecule has 5 nitrogen and oxygen atoms in total. The number of fused-ring (bicyclic) bond motifs is 3. The Morgan fingerprint density at radius 1 is 1.18 bits per heavy atom. The minimum atomic E-state index is -0.0299. The van der Waals surface area contributed by atoms with E-state index in [1.165, 1.54) is 11.1 Å². The van der Waals surface area contributed by atoms with Crippen molar-refractivity contribution in [1.82, 2.24) is 14.5 Å². The van der Waals surface area contributed by atoms with Crippen molar-refractivity contribution < 1.29 is 4.79 Å². The third-order valence-electron chi connectivity index (χ3n) is 4.54. The van der Waals surface area contributed by atoms with E-state index in [0.29, 0.717) is 5.82 Å². The molecule has 0 spiro atoms. The number of benzene rings is 1. The standard InChI is InChI=1S/C17H18N4O/c1-9-5-10(2)13-7-14-12(4)20(16-11(3)18-8-19-16)17(22)21(14)15(13)6-9/h5-8,12H,1-4H3,(H,18,19). The molecule has 1 aromatic carbocycles. The molecule has 1 aliphatic rings. The number of rotatable bonds is 1. The number of nitrogens with zero attached hydrogens (tertiary/aromatic N) is 3. The molecule has 1 unspecified atom stereocenters. The molecule has 1 amide bonds. The molecule has 1 N–H and O–H groups in total. The first-order chi connectivity index (χ1) is 10.5. The fourth-order valence-corrected chi connectivity index (χ4v) is 3.48. The van der Waals surface area contributed by atoms with Crippen molar-refractivity contribution in [3.8, 4) is 0 Å². The fraction of sp³-hybridized carbons (Fsp3) is 0.294. The highest BCUT2D eigenvalue weighted by atomic mass is 16.2. The summed E-state index contributed by atoms with van der Waals surface area (Å²) in [5.41, 5.74) is 5.29. The highest BCUT2D eigenvalue weighted by molar-refractivity contribution is 6.05. The van der Waals surface area contributed by atoms with Crippen molar-refractivity contribution in [3.05, 3.63) is 47.0 Å². The first-order valence-electron chi connectivity index (χ1n) is 7.45. The van der Waals surface area contributed by atoms with E-state index in [-0.39, 0.29) is 12.1 Å².